The van der Waals surface area contributed by atoms with E-state index in [0.717, 1.165) is 6.42 Å². The van der Waals surface area contributed by atoms with Crippen LogP contribution in [-0.2, 0) is 6.42 Å². The van der Waals surface area contributed by atoms with Crippen molar-refractivity contribution < 1.29 is 0 Å². The van der Waals surface area contributed by atoms with Gasteiger partial charge in [0.1, 0.15) is 0 Å². The van der Waals surface area contributed by atoms with Gasteiger partial charge >= 0.3 is 0 Å². The van der Waals surface area contributed by atoms with Crippen LogP contribution in [0.1, 0.15) is 30.5 Å². The van der Waals surface area contributed by atoms with Crippen molar-refractivity contribution in [1.29, 1.82) is 0 Å². The summed E-state index contributed by atoms with van der Waals surface area (Å²) >= 11 is 0. The minimum Gasteiger partial charge on any atom is -0.314 e. The molecule has 1 N–H and O–H groups in total. The fourth-order valence-corrected chi connectivity index (χ4v) is 2.06. The minimum atomic E-state index is 0.651. The summed E-state index contributed by atoms with van der Waals surface area (Å²) in [6.45, 7) is 3.30. The Morgan fingerprint density at radius 1 is 1.50 bits per heavy atom. The predicted molar refractivity (Wildman–Crippen MR) is 58.3 cm³/mol. The van der Waals surface area contributed by atoms with Crippen molar-refractivity contribution in [3.8, 4) is 0 Å². The fraction of sp³-hybridized carbons (Fsp3) is 0.583. The first-order chi connectivity index (χ1) is 6.84. The molecule has 1 aromatic heterocycles. The van der Waals surface area contributed by atoms with Crippen molar-refractivity contribution in [1.82, 2.24) is 10.3 Å². The van der Waals surface area contributed by atoms with Gasteiger partial charge in [-0.25, -0.2) is 0 Å². The molecular formula is C12H18N2. The molecule has 0 unspecified atom stereocenters. The van der Waals surface area contributed by atoms with Crippen LogP contribution in [0.2, 0.25) is 0 Å². The average Bonchev–Trinajstić information content (AvgIpc) is 2.19. The number of rotatable bonds is 2. The monoisotopic (exact) mass is 190 g/mol. The van der Waals surface area contributed by atoms with Crippen LogP contribution in [0, 0.1) is 6.92 Å². The van der Waals surface area contributed by atoms with Crippen molar-refractivity contribution in [2.75, 3.05) is 6.54 Å². The van der Waals surface area contributed by atoms with Crippen LogP contribution in [-0.4, -0.2) is 17.6 Å². The summed E-state index contributed by atoms with van der Waals surface area (Å²) in [6, 6.07) is 4.90. The van der Waals surface area contributed by atoms with Gasteiger partial charge in [-0.3, -0.25) is 4.98 Å². The van der Waals surface area contributed by atoms with Crippen LogP contribution in [0.5, 0.6) is 0 Å². The van der Waals surface area contributed by atoms with Gasteiger partial charge in [0.25, 0.3) is 0 Å². The van der Waals surface area contributed by atoms with E-state index in [2.05, 4.69) is 29.4 Å². The number of nitrogens with one attached hydrogen (secondary N) is 1. The predicted octanol–water partition coefficient (Wildman–Crippen LogP) is 2.07. The fourth-order valence-electron chi connectivity index (χ4n) is 2.06. The molecule has 1 aliphatic heterocycles. The van der Waals surface area contributed by atoms with Crippen LogP contribution in [0.4, 0.5) is 0 Å². The van der Waals surface area contributed by atoms with E-state index in [9.17, 15) is 0 Å². The standard InChI is InChI=1S/C12H18N2/c1-10-5-7-14-12(8-10)9-11-4-2-3-6-13-11/h5,7-8,11,13H,2-4,6,9H2,1H3/t11-/m1/s1. The molecule has 0 spiro atoms. The molecule has 0 amide bonds. The molecule has 0 saturated carbocycles. The van der Waals surface area contributed by atoms with Gasteiger partial charge < -0.3 is 5.32 Å². The van der Waals surface area contributed by atoms with Crippen LogP contribution in [0.15, 0.2) is 18.3 Å². The lowest BCUT2D eigenvalue weighted by Gasteiger charge is -2.23. The number of aromatic nitrogens is 1. The van der Waals surface area contributed by atoms with Crippen molar-refractivity contribution in [2.24, 2.45) is 0 Å². The summed E-state index contributed by atoms with van der Waals surface area (Å²) in [5, 5.41) is 3.55. The highest BCUT2D eigenvalue weighted by atomic mass is 14.9. The lowest BCUT2D eigenvalue weighted by molar-refractivity contribution is 0.397. The lowest BCUT2D eigenvalue weighted by Crippen LogP contribution is -2.35. The average molecular weight is 190 g/mol. The number of pyridine rings is 1. The van der Waals surface area contributed by atoms with Gasteiger partial charge in [-0.1, -0.05) is 6.42 Å². The van der Waals surface area contributed by atoms with E-state index in [4.69, 9.17) is 0 Å². The van der Waals surface area contributed by atoms with E-state index < -0.39 is 0 Å². The first kappa shape index (κ1) is 9.66. The highest BCUT2D eigenvalue weighted by molar-refractivity contribution is 5.15. The van der Waals surface area contributed by atoms with Crippen molar-refractivity contribution in [3.05, 3.63) is 29.6 Å². The molecule has 2 rings (SSSR count). The molecule has 14 heavy (non-hydrogen) atoms. The Balaban J connectivity index is 1.95. The third-order valence-electron chi connectivity index (χ3n) is 2.84. The summed E-state index contributed by atoms with van der Waals surface area (Å²) in [5.74, 6) is 0. The zero-order chi connectivity index (χ0) is 9.80. The summed E-state index contributed by atoms with van der Waals surface area (Å²) < 4.78 is 0. The van der Waals surface area contributed by atoms with Gasteiger partial charge in [-0.05, 0) is 44.0 Å². The molecule has 0 aliphatic carbocycles. The second-order valence-corrected chi connectivity index (χ2v) is 4.18. The third-order valence-corrected chi connectivity index (χ3v) is 2.84. The van der Waals surface area contributed by atoms with Gasteiger partial charge in [0, 0.05) is 24.4 Å². The molecule has 1 atom stereocenters. The van der Waals surface area contributed by atoms with Gasteiger partial charge in [0.2, 0.25) is 0 Å². The summed E-state index contributed by atoms with van der Waals surface area (Å²) in [5.41, 5.74) is 2.54. The van der Waals surface area contributed by atoms with Crippen LogP contribution in [0.25, 0.3) is 0 Å². The number of nitrogens with zero attached hydrogens (tertiary/aromatic N) is 1. The Hall–Kier alpha value is -0.890. The molecule has 1 aliphatic rings. The Labute approximate surface area is 85.7 Å². The molecule has 2 heteroatoms. The molecule has 0 bridgehead atoms. The molecule has 76 valence electrons. The zero-order valence-corrected chi connectivity index (χ0v) is 8.79. The Bertz CT molecular complexity index is 290. The maximum atomic E-state index is 4.39. The first-order valence-electron chi connectivity index (χ1n) is 5.49. The highest BCUT2D eigenvalue weighted by Crippen LogP contribution is 2.11. The number of hydrogen-bond acceptors (Lipinski definition) is 2. The minimum absolute atomic E-state index is 0.651. The first-order valence-corrected chi connectivity index (χ1v) is 5.49. The van der Waals surface area contributed by atoms with Crippen LogP contribution in [0.3, 0.4) is 0 Å². The van der Waals surface area contributed by atoms with Crippen LogP contribution < -0.4 is 5.32 Å². The van der Waals surface area contributed by atoms with E-state index in [1.165, 1.54) is 37.1 Å². The van der Waals surface area contributed by atoms with E-state index in [1.54, 1.807) is 0 Å². The molecule has 0 radical (unpaired) electrons. The third kappa shape index (κ3) is 2.55. The maximum absolute atomic E-state index is 4.39. The molecule has 1 fully saturated rings. The topological polar surface area (TPSA) is 24.9 Å². The van der Waals surface area contributed by atoms with Gasteiger partial charge in [0.15, 0.2) is 0 Å². The van der Waals surface area contributed by atoms with Crippen molar-refractivity contribution in [2.45, 2.75) is 38.6 Å². The number of hydrogen-bond donors (Lipinski definition) is 1. The molecule has 1 saturated heterocycles. The second kappa shape index (κ2) is 4.56. The molecule has 0 aromatic carbocycles. The van der Waals surface area contributed by atoms with Gasteiger partial charge in [-0.15, -0.1) is 0 Å². The molecule has 1 aromatic rings. The van der Waals surface area contributed by atoms with E-state index in [0.29, 0.717) is 6.04 Å². The quantitative estimate of drug-likeness (QED) is 0.772. The summed E-state index contributed by atoms with van der Waals surface area (Å²) in [7, 11) is 0. The van der Waals surface area contributed by atoms with Crippen molar-refractivity contribution >= 4 is 0 Å². The SMILES string of the molecule is Cc1ccnc(C[C@H]2CCCCN2)c1. The normalized spacial score (nSPS) is 22.2. The summed E-state index contributed by atoms with van der Waals surface area (Å²) in [6.07, 6.45) is 6.99. The van der Waals surface area contributed by atoms with E-state index in [-0.39, 0.29) is 0 Å². The maximum Gasteiger partial charge on any atom is 0.0421 e. The highest BCUT2D eigenvalue weighted by Gasteiger charge is 2.13. The lowest BCUT2D eigenvalue weighted by atomic mass is 10.00. The Kier molecular flexibility index (Phi) is 3.14. The van der Waals surface area contributed by atoms with E-state index in [1.807, 2.05) is 6.20 Å². The Morgan fingerprint density at radius 3 is 3.14 bits per heavy atom. The second-order valence-electron chi connectivity index (χ2n) is 4.18. The van der Waals surface area contributed by atoms with Crippen LogP contribution >= 0.6 is 0 Å². The molecular weight excluding hydrogens is 172 g/mol. The van der Waals surface area contributed by atoms with Gasteiger partial charge in [-0.2, -0.15) is 0 Å². The summed E-state index contributed by atoms with van der Waals surface area (Å²) in [4.78, 5) is 4.39. The molecule has 2 nitrogen and oxygen atoms in total. The smallest absolute Gasteiger partial charge is 0.0421 e. The number of aryl methyl sites for hydroxylation is 1. The largest absolute Gasteiger partial charge is 0.314 e. The van der Waals surface area contributed by atoms with Gasteiger partial charge in [0.05, 0.1) is 0 Å². The van der Waals surface area contributed by atoms with E-state index >= 15 is 0 Å². The number of piperidine rings is 1. The van der Waals surface area contributed by atoms with Crippen molar-refractivity contribution in [3.63, 3.8) is 0 Å². The zero-order valence-electron chi connectivity index (χ0n) is 8.79. The Morgan fingerprint density at radius 2 is 2.43 bits per heavy atom. The molecule has 2 heterocycles.